The Morgan fingerprint density at radius 2 is 1.14 bits per heavy atom. The second-order valence-electron chi connectivity index (χ2n) is 6.37. The molecule has 4 rings (SSSR count). The molecule has 2 aromatic heterocycles. The van der Waals surface area contributed by atoms with Crippen LogP contribution >= 0.6 is 0 Å². The van der Waals surface area contributed by atoms with Crippen molar-refractivity contribution in [2.45, 2.75) is 13.8 Å². The summed E-state index contributed by atoms with van der Waals surface area (Å²) in [5.41, 5.74) is 2.06. The maximum absolute atomic E-state index is 4.42. The van der Waals surface area contributed by atoms with Crippen LogP contribution in [-0.2, 0) is 0 Å². The van der Waals surface area contributed by atoms with Gasteiger partial charge in [-0.25, -0.2) is 19.9 Å². The molecule has 0 aliphatic carbocycles. The van der Waals surface area contributed by atoms with E-state index < -0.39 is 0 Å². The lowest BCUT2D eigenvalue weighted by atomic mass is 10.0. The van der Waals surface area contributed by atoms with Crippen molar-refractivity contribution in [2.24, 2.45) is 11.8 Å². The number of aromatic nitrogens is 4. The molecule has 0 bridgehead atoms. The summed E-state index contributed by atoms with van der Waals surface area (Å²) in [6.45, 7) is 8.31. The Labute approximate surface area is 130 Å². The zero-order chi connectivity index (χ0) is 15.1. The highest BCUT2D eigenvalue weighted by Gasteiger charge is 2.40. The maximum Gasteiger partial charge on any atom is 0.132 e. The van der Waals surface area contributed by atoms with E-state index in [0.29, 0.717) is 11.8 Å². The predicted octanol–water partition coefficient (Wildman–Crippen LogP) is 1.46. The van der Waals surface area contributed by atoms with E-state index >= 15 is 0 Å². The average molecular weight is 296 g/mol. The van der Waals surface area contributed by atoms with E-state index in [1.807, 2.05) is 13.8 Å². The van der Waals surface area contributed by atoms with Crippen molar-refractivity contribution in [3.8, 4) is 0 Å². The van der Waals surface area contributed by atoms with Gasteiger partial charge in [-0.15, -0.1) is 0 Å². The third-order valence-corrected chi connectivity index (χ3v) is 4.71. The molecule has 0 unspecified atom stereocenters. The number of anilines is 2. The second-order valence-corrected chi connectivity index (χ2v) is 6.37. The van der Waals surface area contributed by atoms with E-state index in [1.54, 1.807) is 12.7 Å². The summed E-state index contributed by atoms with van der Waals surface area (Å²) in [6.07, 6.45) is 3.32. The van der Waals surface area contributed by atoms with E-state index in [0.717, 1.165) is 49.2 Å². The lowest BCUT2D eigenvalue weighted by Crippen LogP contribution is -2.29. The molecule has 114 valence electrons. The van der Waals surface area contributed by atoms with Gasteiger partial charge in [0.1, 0.15) is 24.3 Å². The largest absolute Gasteiger partial charge is 0.356 e. The molecule has 2 aromatic rings. The SMILES string of the molecule is Cc1cc(N2CC3CN(c4cc(C)ncn4)CC3C2)ncn1. The van der Waals surface area contributed by atoms with Gasteiger partial charge in [-0.05, 0) is 13.8 Å². The number of aryl methyl sites for hydroxylation is 2. The molecule has 6 nitrogen and oxygen atoms in total. The van der Waals surface area contributed by atoms with Gasteiger partial charge in [0.2, 0.25) is 0 Å². The van der Waals surface area contributed by atoms with Crippen LogP contribution in [-0.4, -0.2) is 46.1 Å². The van der Waals surface area contributed by atoms with Crippen LogP contribution in [0, 0.1) is 25.7 Å². The van der Waals surface area contributed by atoms with E-state index in [4.69, 9.17) is 0 Å². The lowest BCUT2D eigenvalue weighted by Gasteiger charge is -2.23. The Hall–Kier alpha value is -2.24. The predicted molar refractivity (Wildman–Crippen MR) is 84.9 cm³/mol. The van der Waals surface area contributed by atoms with Crippen LogP contribution in [0.25, 0.3) is 0 Å². The molecule has 0 saturated carbocycles. The van der Waals surface area contributed by atoms with Gasteiger partial charge in [-0.3, -0.25) is 0 Å². The van der Waals surface area contributed by atoms with E-state index in [2.05, 4.69) is 41.9 Å². The summed E-state index contributed by atoms with van der Waals surface area (Å²) in [5, 5.41) is 0. The van der Waals surface area contributed by atoms with Crippen LogP contribution in [0.3, 0.4) is 0 Å². The Balaban J connectivity index is 1.46. The van der Waals surface area contributed by atoms with Crippen molar-refractivity contribution in [1.29, 1.82) is 0 Å². The Morgan fingerprint density at radius 1 is 0.727 bits per heavy atom. The van der Waals surface area contributed by atoms with Crippen LogP contribution in [0.4, 0.5) is 11.6 Å². The molecular weight excluding hydrogens is 276 g/mol. The van der Waals surface area contributed by atoms with Gasteiger partial charge < -0.3 is 9.80 Å². The summed E-state index contributed by atoms with van der Waals surface area (Å²) >= 11 is 0. The first-order chi connectivity index (χ1) is 10.7. The summed E-state index contributed by atoms with van der Waals surface area (Å²) in [6, 6.07) is 4.15. The summed E-state index contributed by atoms with van der Waals surface area (Å²) in [4.78, 5) is 22.0. The molecular formula is C16H20N6. The van der Waals surface area contributed by atoms with Gasteiger partial charge in [0, 0.05) is 61.5 Å². The molecule has 2 aliphatic heterocycles. The zero-order valence-corrected chi connectivity index (χ0v) is 13.0. The van der Waals surface area contributed by atoms with E-state index in [1.165, 1.54) is 0 Å². The first-order valence-electron chi connectivity index (χ1n) is 7.76. The Kier molecular flexibility index (Phi) is 3.17. The van der Waals surface area contributed by atoms with Crippen LogP contribution in [0.1, 0.15) is 11.4 Å². The minimum Gasteiger partial charge on any atom is -0.356 e. The molecule has 0 amide bonds. The van der Waals surface area contributed by atoms with Gasteiger partial charge in [0.25, 0.3) is 0 Å². The summed E-state index contributed by atoms with van der Waals surface area (Å²) in [7, 11) is 0. The molecule has 0 spiro atoms. The lowest BCUT2D eigenvalue weighted by molar-refractivity contribution is 0.533. The number of hydrogen-bond acceptors (Lipinski definition) is 6. The molecule has 0 atom stereocenters. The average Bonchev–Trinajstić information content (AvgIpc) is 3.05. The molecule has 2 fully saturated rings. The quantitative estimate of drug-likeness (QED) is 0.836. The first kappa shape index (κ1) is 13.4. The van der Waals surface area contributed by atoms with Crippen molar-refractivity contribution >= 4 is 11.6 Å². The van der Waals surface area contributed by atoms with Crippen molar-refractivity contribution < 1.29 is 0 Å². The summed E-state index contributed by atoms with van der Waals surface area (Å²) < 4.78 is 0. The van der Waals surface area contributed by atoms with Gasteiger partial charge >= 0.3 is 0 Å². The van der Waals surface area contributed by atoms with Crippen LogP contribution < -0.4 is 9.80 Å². The van der Waals surface area contributed by atoms with E-state index in [9.17, 15) is 0 Å². The molecule has 0 aromatic carbocycles. The highest BCUT2D eigenvalue weighted by Crippen LogP contribution is 2.34. The third-order valence-electron chi connectivity index (χ3n) is 4.71. The zero-order valence-electron chi connectivity index (χ0n) is 13.0. The molecule has 2 saturated heterocycles. The minimum absolute atomic E-state index is 0.686. The molecule has 0 N–H and O–H groups in total. The Bertz CT molecular complexity index is 616. The molecule has 0 radical (unpaired) electrons. The highest BCUT2D eigenvalue weighted by molar-refractivity contribution is 5.45. The number of rotatable bonds is 2. The molecule has 4 heterocycles. The van der Waals surface area contributed by atoms with Crippen molar-refractivity contribution in [3.05, 3.63) is 36.2 Å². The van der Waals surface area contributed by atoms with Crippen LogP contribution in [0.15, 0.2) is 24.8 Å². The van der Waals surface area contributed by atoms with Crippen molar-refractivity contribution in [1.82, 2.24) is 19.9 Å². The van der Waals surface area contributed by atoms with Crippen LogP contribution in [0.2, 0.25) is 0 Å². The second kappa shape index (κ2) is 5.19. The van der Waals surface area contributed by atoms with Gasteiger partial charge in [-0.1, -0.05) is 0 Å². The number of hydrogen-bond donors (Lipinski definition) is 0. The third kappa shape index (κ3) is 2.38. The molecule has 2 aliphatic rings. The first-order valence-corrected chi connectivity index (χ1v) is 7.76. The van der Waals surface area contributed by atoms with Crippen molar-refractivity contribution in [3.63, 3.8) is 0 Å². The van der Waals surface area contributed by atoms with Crippen molar-refractivity contribution in [2.75, 3.05) is 36.0 Å². The highest BCUT2D eigenvalue weighted by atomic mass is 15.3. The Morgan fingerprint density at radius 3 is 1.50 bits per heavy atom. The van der Waals surface area contributed by atoms with Gasteiger partial charge in [0.05, 0.1) is 0 Å². The fourth-order valence-electron chi connectivity index (χ4n) is 3.59. The van der Waals surface area contributed by atoms with Gasteiger partial charge in [0.15, 0.2) is 0 Å². The maximum atomic E-state index is 4.42. The van der Waals surface area contributed by atoms with Crippen LogP contribution in [0.5, 0.6) is 0 Å². The number of fused-ring (bicyclic) bond motifs is 1. The fraction of sp³-hybridized carbons (Fsp3) is 0.500. The molecule has 22 heavy (non-hydrogen) atoms. The smallest absolute Gasteiger partial charge is 0.132 e. The normalized spacial score (nSPS) is 23.9. The topological polar surface area (TPSA) is 58.0 Å². The molecule has 6 heteroatoms. The minimum atomic E-state index is 0.686. The standard InChI is InChI=1S/C16H20N6/c1-11-3-15(19-9-17-11)21-5-13-7-22(8-14(13)6-21)16-4-12(2)18-10-20-16/h3-4,9-10,13-14H,5-8H2,1-2H3. The fourth-order valence-corrected chi connectivity index (χ4v) is 3.59. The van der Waals surface area contributed by atoms with E-state index in [-0.39, 0.29) is 0 Å². The monoisotopic (exact) mass is 296 g/mol. The summed E-state index contributed by atoms with van der Waals surface area (Å²) in [5.74, 6) is 3.49. The van der Waals surface area contributed by atoms with Gasteiger partial charge in [-0.2, -0.15) is 0 Å². The number of nitrogens with zero attached hydrogens (tertiary/aromatic N) is 6.